The fourth-order valence-corrected chi connectivity index (χ4v) is 1.69. The molecule has 0 amide bonds. The quantitative estimate of drug-likeness (QED) is 0.669. The molecular formula is C15H10F2O5. The lowest BCUT2D eigenvalue weighted by Crippen LogP contribution is -2.15. The van der Waals surface area contributed by atoms with E-state index in [0.717, 1.165) is 30.3 Å². The molecule has 0 heterocycles. The number of esters is 1. The molecule has 0 saturated heterocycles. The highest BCUT2D eigenvalue weighted by atomic mass is 19.1. The van der Waals surface area contributed by atoms with Gasteiger partial charge in [0.25, 0.3) is 0 Å². The normalized spacial score (nSPS) is 10.3. The minimum Gasteiger partial charge on any atom is -0.508 e. The number of halogens is 2. The topological polar surface area (TPSA) is 83.8 Å². The number of ketones is 1. The third kappa shape index (κ3) is 3.38. The van der Waals surface area contributed by atoms with Crippen LogP contribution in [0.25, 0.3) is 0 Å². The lowest BCUT2D eigenvalue weighted by Gasteiger charge is -2.07. The molecule has 0 radical (unpaired) electrons. The largest absolute Gasteiger partial charge is 0.508 e. The first-order valence-electron chi connectivity index (χ1n) is 6.06. The van der Waals surface area contributed by atoms with Gasteiger partial charge >= 0.3 is 5.97 Å². The van der Waals surface area contributed by atoms with Crippen LogP contribution in [0.3, 0.4) is 0 Å². The molecule has 5 nitrogen and oxygen atoms in total. The smallest absolute Gasteiger partial charge is 0.342 e. The Balaban J connectivity index is 2.07. The summed E-state index contributed by atoms with van der Waals surface area (Å²) >= 11 is 0. The standard InChI is InChI=1S/C15H10F2O5/c16-8-1-4-12(17)11(5-8)14(20)7-22-15(21)10-3-2-9(18)6-13(10)19/h1-6,18-19H,7H2. The molecule has 0 aromatic heterocycles. The van der Waals surface area contributed by atoms with Crippen LogP contribution < -0.4 is 0 Å². The Morgan fingerprint density at radius 2 is 1.73 bits per heavy atom. The number of hydrogen-bond donors (Lipinski definition) is 2. The first-order chi connectivity index (χ1) is 10.4. The third-order valence-electron chi connectivity index (χ3n) is 2.76. The first-order valence-corrected chi connectivity index (χ1v) is 6.06. The van der Waals surface area contributed by atoms with Crippen LogP contribution in [-0.2, 0) is 4.74 Å². The zero-order chi connectivity index (χ0) is 16.3. The van der Waals surface area contributed by atoms with E-state index in [2.05, 4.69) is 4.74 Å². The van der Waals surface area contributed by atoms with Crippen LogP contribution in [0.15, 0.2) is 36.4 Å². The lowest BCUT2D eigenvalue weighted by atomic mass is 10.1. The SMILES string of the molecule is O=C(OCC(=O)c1cc(F)ccc1F)c1ccc(O)cc1O. The molecule has 0 fully saturated rings. The molecule has 22 heavy (non-hydrogen) atoms. The van der Waals surface area contributed by atoms with E-state index in [4.69, 9.17) is 5.11 Å². The molecule has 2 rings (SSSR count). The summed E-state index contributed by atoms with van der Waals surface area (Å²) in [6, 6.07) is 5.50. The van der Waals surface area contributed by atoms with Crippen molar-refractivity contribution in [2.45, 2.75) is 0 Å². The van der Waals surface area contributed by atoms with Crippen molar-refractivity contribution in [1.29, 1.82) is 0 Å². The molecule has 2 aromatic carbocycles. The van der Waals surface area contributed by atoms with Gasteiger partial charge in [-0.15, -0.1) is 0 Å². The molecule has 2 aromatic rings. The van der Waals surface area contributed by atoms with Crippen molar-refractivity contribution in [3.63, 3.8) is 0 Å². The molecule has 0 atom stereocenters. The number of ether oxygens (including phenoxy) is 1. The molecule has 114 valence electrons. The van der Waals surface area contributed by atoms with Gasteiger partial charge in [0.15, 0.2) is 6.61 Å². The summed E-state index contributed by atoms with van der Waals surface area (Å²) in [6.45, 7) is -0.820. The van der Waals surface area contributed by atoms with E-state index in [0.29, 0.717) is 6.07 Å². The Bertz CT molecular complexity index is 743. The Morgan fingerprint density at radius 1 is 1.00 bits per heavy atom. The summed E-state index contributed by atoms with van der Waals surface area (Å²) in [6.07, 6.45) is 0. The number of rotatable bonds is 4. The van der Waals surface area contributed by atoms with Gasteiger partial charge in [0.05, 0.1) is 5.56 Å². The summed E-state index contributed by atoms with van der Waals surface area (Å²) in [4.78, 5) is 23.4. The molecule has 0 unspecified atom stereocenters. The fraction of sp³-hybridized carbons (Fsp3) is 0.0667. The Hall–Kier alpha value is -2.96. The molecule has 0 saturated carbocycles. The number of aromatic hydroxyl groups is 2. The van der Waals surface area contributed by atoms with Crippen LogP contribution in [0.2, 0.25) is 0 Å². The highest BCUT2D eigenvalue weighted by Gasteiger charge is 2.18. The molecular weight excluding hydrogens is 298 g/mol. The lowest BCUT2D eigenvalue weighted by molar-refractivity contribution is 0.0470. The van der Waals surface area contributed by atoms with E-state index in [-0.39, 0.29) is 11.3 Å². The Morgan fingerprint density at radius 3 is 2.41 bits per heavy atom. The minimum absolute atomic E-state index is 0.257. The van der Waals surface area contributed by atoms with Gasteiger partial charge in [0.1, 0.15) is 28.7 Å². The predicted molar refractivity (Wildman–Crippen MR) is 70.7 cm³/mol. The van der Waals surface area contributed by atoms with Crippen molar-refractivity contribution in [2.24, 2.45) is 0 Å². The number of hydrogen-bond acceptors (Lipinski definition) is 5. The van der Waals surface area contributed by atoms with Gasteiger partial charge in [-0.05, 0) is 30.3 Å². The average molecular weight is 308 g/mol. The van der Waals surface area contributed by atoms with Crippen molar-refractivity contribution >= 4 is 11.8 Å². The Kier molecular flexibility index (Phi) is 4.36. The molecule has 0 bridgehead atoms. The van der Waals surface area contributed by atoms with Crippen molar-refractivity contribution in [2.75, 3.05) is 6.61 Å². The van der Waals surface area contributed by atoms with E-state index in [1.54, 1.807) is 0 Å². The molecule has 0 aliphatic heterocycles. The van der Waals surface area contributed by atoms with E-state index < -0.39 is 41.3 Å². The fourth-order valence-electron chi connectivity index (χ4n) is 1.69. The number of Topliss-reactive ketones (excluding diaryl/α,β-unsaturated/α-hetero) is 1. The average Bonchev–Trinajstić information content (AvgIpc) is 2.47. The zero-order valence-corrected chi connectivity index (χ0v) is 11.0. The van der Waals surface area contributed by atoms with Gasteiger partial charge in [-0.3, -0.25) is 4.79 Å². The molecule has 0 spiro atoms. The first kappa shape index (κ1) is 15.4. The minimum atomic E-state index is -1.04. The van der Waals surface area contributed by atoms with Crippen LogP contribution in [0.1, 0.15) is 20.7 Å². The van der Waals surface area contributed by atoms with Gasteiger partial charge in [0.2, 0.25) is 5.78 Å². The van der Waals surface area contributed by atoms with E-state index in [1.807, 2.05) is 0 Å². The zero-order valence-electron chi connectivity index (χ0n) is 11.0. The van der Waals surface area contributed by atoms with Gasteiger partial charge in [0, 0.05) is 6.07 Å². The number of benzene rings is 2. The number of carbonyl (C=O) groups excluding carboxylic acids is 2. The predicted octanol–water partition coefficient (Wildman–Crippen LogP) is 2.42. The highest BCUT2D eigenvalue weighted by Crippen LogP contribution is 2.23. The second kappa shape index (κ2) is 6.21. The second-order valence-electron chi connectivity index (χ2n) is 4.32. The Labute approximate surface area is 123 Å². The second-order valence-corrected chi connectivity index (χ2v) is 4.32. The van der Waals surface area contributed by atoms with Gasteiger partial charge in [-0.2, -0.15) is 0 Å². The van der Waals surface area contributed by atoms with Gasteiger partial charge in [-0.25, -0.2) is 13.6 Å². The van der Waals surface area contributed by atoms with Crippen LogP contribution in [0.5, 0.6) is 11.5 Å². The van der Waals surface area contributed by atoms with Gasteiger partial charge < -0.3 is 14.9 Å². The maximum Gasteiger partial charge on any atom is 0.342 e. The van der Waals surface area contributed by atoms with Crippen LogP contribution in [0.4, 0.5) is 8.78 Å². The number of phenolic OH excluding ortho intramolecular Hbond substituents is 2. The van der Waals surface area contributed by atoms with Crippen molar-refractivity contribution in [3.05, 3.63) is 59.2 Å². The van der Waals surface area contributed by atoms with Crippen LogP contribution >= 0.6 is 0 Å². The van der Waals surface area contributed by atoms with E-state index in [9.17, 15) is 23.5 Å². The summed E-state index contributed by atoms with van der Waals surface area (Å²) in [5, 5.41) is 18.6. The summed E-state index contributed by atoms with van der Waals surface area (Å²) in [5.74, 6) is -4.49. The molecule has 2 N–H and O–H groups in total. The van der Waals surface area contributed by atoms with Crippen molar-refractivity contribution in [1.82, 2.24) is 0 Å². The molecule has 7 heteroatoms. The number of phenols is 2. The van der Waals surface area contributed by atoms with E-state index >= 15 is 0 Å². The van der Waals surface area contributed by atoms with Crippen LogP contribution in [0, 0.1) is 11.6 Å². The maximum atomic E-state index is 13.4. The van der Waals surface area contributed by atoms with Crippen molar-refractivity contribution in [3.8, 4) is 11.5 Å². The molecule has 0 aliphatic rings. The monoisotopic (exact) mass is 308 g/mol. The summed E-state index contributed by atoms with van der Waals surface area (Å²) in [7, 11) is 0. The van der Waals surface area contributed by atoms with E-state index in [1.165, 1.54) is 0 Å². The number of carbonyl (C=O) groups is 2. The summed E-state index contributed by atoms with van der Waals surface area (Å²) < 4.78 is 31.0. The third-order valence-corrected chi connectivity index (χ3v) is 2.76. The molecule has 0 aliphatic carbocycles. The summed E-state index contributed by atoms with van der Waals surface area (Å²) in [5.41, 5.74) is -0.812. The van der Waals surface area contributed by atoms with Crippen LogP contribution in [-0.4, -0.2) is 28.6 Å². The highest BCUT2D eigenvalue weighted by molar-refractivity contribution is 6.00. The maximum absolute atomic E-state index is 13.4. The van der Waals surface area contributed by atoms with Gasteiger partial charge in [-0.1, -0.05) is 0 Å². The van der Waals surface area contributed by atoms with Crippen molar-refractivity contribution < 1.29 is 33.3 Å².